The zero-order valence-corrected chi connectivity index (χ0v) is 11.7. The fourth-order valence-electron chi connectivity index (χ4n) is 2.43. The zero-order chi connectivity index (χ0) is 13.8. The van der Waals surface area contributed by atoms with E-state index < -0.39 is 0 Å². The van der Waals surface area contributed by atoms with Crippen molar-refractivity contribution in [2.24, 2.45) is 0 Å². The van der Waals surface area contributed by atoms with E-state index in [9.17, 15) is 4.79 Å². The summed E-state index contributed by atoms with van der Waals surface area (Å²) in [7, 11) is 1.43. The van der Waals surface area contributed by atoms with E-state index in [1.807, 2.05) is 31.2 Å². The monoisotopic (exact) mass is 260 g/mol. The molecule has 0 fully saturated rings. The van der Waals surface area contributed by atoms with E-state index in [1.165, 1.54) is 7.11 Å². The number of hydrogen-bond acceptors (Lipinski definition) is 3. The van der Waals surface area contributed by atoms with Gasteiger partial charge in [0.2, 0.25) is 0 Å². The Balaban J connectivity index is 2.43. The lowest BCUT2D eigenvalue weighted by molar-refractivity contribution is -0.143. The van der Waals surface area contributed by atoms with Gasteiger partial charge < -0.3 is 9.15 Å². The molecule has 0 aliphatic rings. The van der Waals surface area contributed by atoms with Crippen molar-refractivity contribution in [3.63, 3.8) is 0 Å². The Labute approximate surface area is 113 Å². The molecular weight excluding hydrogens is 240 g/mol. The van der Waals surface area contributed by atoms with Crippen LogP contribution in [-0.2, 0) is 9.53 Å². The molecule has 0 aliphatic carbocycles. The van der Waals surface area contributed by atoms with E-state index in [2.05, 4.69) is 6.92 Å². The van der Waals surface area contributed by atoms with Gasteiger partial charge >= 0.3 is 5.97 Å². The molecule has 1 aromatic heterocycles. The second-order valence-electron chi connectivity index (χ2n) is 4.81. The van der Waals surface area contributed by atoms with Crippen LogP contribution in [0.3, 0.4) is 0 Å². The Hall–Kier alpha value is -1.77. The minimum atomic E-state index is -0.294. The van der Waals surface area contributed by atoms with Crippen LogP contribution < -0.4 is 0 Å². The fourth-order valence-corrected chi connectivity index (χ4v) is 2.43. The van der Waals surface area contributed by atoms with E-state index in [4.69, 9.17) is 9.15 Å². The molecule has 0 spiro atoms. The fraction of sp³-hybridized carbons (Fsp3) is 0.438. The van der Waals surface area contributed by atoms with Gasteiger partial charge in [-0.05, 0) is 25.0 Å². The van der Waals surface area contributed by atoms with Gasteiger partial charge in [-0.2, -0.15) is 0 Å². The molecule has 0 radical (unpaired) electrons. The van der Waals surface area contributed by atoms with Crippen LogP contribution >= 0.6 is 0 Å². The summed E-state index contributed by atoms with van der Waals surface area (Å²) in [5.74, 6) is 0.245. The van der Waals surface area contributed by atoms with Crippen LogP contribution in [-0.4, -0.2) is 13.1 Å². The van der Waals surface area contributed by atoms with Crippen molar-refractivity contribution in [3.05, 3.63) is 35.6 Å². The topological polar surface area (TPSA) is 39.4 Å². The first-order valence-electron chi connectivity index (χ1n) is 6.74. The molecule has 1 atom stereocenters. The number of methoxy groups -OCH3 is 1. The van der Waals surface area contributed by atoms with Crippen LogP contribution in [0.4, 0.5) is 0 Å². The third kappa shape index (κ3) is 2.65. The quantitative estimate of drug-likeness (QED) is 0.757. The van der Waals surface area contributed by atoms with Crippen molar-refractivity contribution in [2.45, 2.75) is 39.0 Å². The third-order valence-corrected chi connectivity index (χ3v) is 3.53. The zero-order valence-electron chi connectivity index (χ0n) is 11.7. The van der Waals surface area contributed by atoms with Gasteiger partial charge in [0.15, 0.2) is 0 Å². The van der Waals surface area contributed by atoms with Gasteiger partial charge in [0.1, 0.15) is 17.3 Å². The van der Waals surface area contributed by atoms with Gasteiger partial charge in [-0.15, -0.1) is 0 Å². The number of unbranched alkanes of at least 4 members (excludes halogenated alkanes) is 1. The molecule has 1 aromatic carbocycles. The maximum Gasteiger partial charge on any atom is 0.316 e. The van der Waals surface area contributed by atoms with Gasteiger partial charge in [-0.3, -0.25) is 4.79 Å². The summed E-state index contributed by atoms with van der Waals surface area (Å²) in [6.07, 6.45) is 2.80. The number of para-hydroxylation sites is 1. The van der Waals surface area contributed by atoms with Crippen LogP contribution in [0.1, 0.15) is 43.4 Å². The van der Waals surface area contributed by atoms with Crippen molar-refractivity contribution >= 4 is 16.9 Å². The molecule has 3 nitrogen and oxygen atoms in total. The second-order valence-corrected chi connectivity index (χ2v) is 4.81. The Morgan fingerprint density at radius 3 is 2.74 bits per heavy atom. The smallest absolute Gasteiger partial charge is 0.316 e. The largest absolute Gasteiger partial charge is 0.468 e. The van der Waals surface area contributed by atoms with E-state index in [0.29, 0.717) is 0 Å². The van der Waals surface area contributed by atoms with Crippen molar-refractivity contribution in [3.8, 4) is 0 Å². The predicted molar refractivity (Wildman–Crippen MR) is 75.2 cm³/mol. The molecule has 0 saturated carbocycles. The van der Waals surface area contributed by atoms with Gasteiger partial charge in [0, 0.05) is 5.39 Å². The molecule has 1 heterocycles. The molecule has 0 bridgehead atoms. The van der Waals surface area contributed by atoms with E-state index in [-0.39, 0.29) is 11.9 Å². The van der Waals surface area contributed by atoms with E-state index in [0.717, 1.165) is 41.6 Å². The number of rotatable bonds is 5. The van der Waals surface area contributed by atoms with Crippen molar-refractivity contribution in [2.75, 3.05) is 7.11 Å². The lowest BCUT2D eigenvalue weighted by atomic mass is 9.96. The number of hydrogen-bond donors (Lipinski definition) is 0. The first kappa shape index (κ1) is 13.7. The summed E-state index contributed by atoms with van der Waals surface area (Å²) in [4.78, 5) is 12.0. The second kappa shape index (κ2) is 5.91. The number of ether oxygens (including phenoxy) is 1. The summed E-state index contributed by atoms with van der Waals surface area (Å²) < 4.78 is 10.8. The van der Waals surface area contributed by atoms with Gasteiger partial charge in [0.25, 0.3) is 0 Å². The number of carbonyl (C=O) groups is 1. The van der Waals surface area contributed by atoms with Gasteiger partial charge in [-0.1, -0.05) is 38.0 Å². The summed E-state index contributed by atoms with van der Waals surface area (Å²) in [5, 5.41) is 1.07. The molecular formula is C16H20O3. The number of fused-ring (bicyclic) bond motifs is 1. The van der Waals surface area contributed by atoms with Crippen molar-refractivity contribution < 1.29 is 13.9 Å². The molecule has 102 valence electrons. The molecule has 2 rings (SSSR count). The standard InChI is InChI=1S/C16H20O3/c1-4-5-8-13(16(17)18-3)15-11(2)12-9-6-7-10-14(12)19-15/h6-7,9-10,13H,4-5,8H2,1-3H3. The SMILES string of the molecule is CCCCC(C(=O)OC)c1oc2ccccc2c1C. The lowest BCUT2D eigenvalue weighted by Crippen LogP contribution is -2.14. The predicted octanol–water partition coefficient (Wildman–Crippen LogP) is 4.19. The Morgan fingerprint density at radius 2 is 2.11 bits per heavy atom. The molecule has 0 N–H and O–H groups in total. The summed E-state index contributed by atoms with van der Waals surface area (Å²) in [5.41, 5.74) is 1.88. The lowest BCUT2D eigenvalue weighted by Gasteiger charge is -2.12. The molecule has 2 aromatic rings. The number of benzene rings is 1. The molecule has 0 aliphatic heterocycles. The highest BCUT2D eigenvalue weighted by Crippen LogP contribution is 2.33. The van der Waals surface area contributed by atoms with Crippen LogP contribution in [0, 0.1) is 6.92 Å². The molecule has 19 heavy (non-hydrogen) atoms. The maximum absolute atomic E-state index is 12.0. The Kier molecular flexibility index (Phi) is 4.25. The van der Waals surface area contributed by atoms with Crippen LogP contribution in [0.2, 0.25) is 0 Å². The van der Waals surface area contributed by atoms with Crippen molar-refractivity contribution in [1.29, 1.82) is 0 Å². The highest BCUT2D eigenvalue weighted by Gasteiger charge is 2.27. The summed E-state index contributed by atoms with van der Waals surface area (Å²) in [6, 6.07) is 7.87. The highest BCUT2D eigenvalue weighted by molar-refractivity contribution is 5.85. The number of furan rings is 1. The Bertz CT molecular complexity index is 568. The van der Waals surface area contributed by atoms with Crippen molar-refractivity contribution in [1.82, 2.24) is 0 Å². The summed E-state index contributed by atoms with van der Waals surface area (Å²) >= 11 is 0. The average molecular weight is 260 g/mol. The summed E-state index contributed by atoms with van der Waals surface area (Å²) in [6.45, 7) is 4.11. The number of carbonyl (C=O) groups excluding carboxylic acids is 1. The maximum atomic E-state index is 12.0. The molecule has 3 heteroatoms. The first-order chi connectivity index (χ1) is 9.19. The highest BCUT2D eigenvalue weighted by atomic mass is 16.5. The normalized spacial score (nSPS) is 12.6. The van der Waals surface area contributed by atoms with Crippen LogP contribution in [0.25, 0.3) is 11.0 Å². The van der Waals surface area contributed by atoms with Gasteiger partial charge in [0.05, 0.1) is 7.11 Å². The van der Waals surface area contributed by atoms with Crippen LogP contribution in [0.15, 0.2) is 28.7 Å². The molecule has 0 amide bonds. The van der Waals surface area contributed by atoms with E-state index in [1.54, 1.807) is 0 Å². The minimum Gasteiger partial charge on any atom is -0.468 e. The number of esters is 1. The Morgan fingerprint density at radius 1 is 1.37 bits per heavy atom. The van der Waals surface area contributed by atoms with Crippen LogP contribution in [0.5, 0.6) is 0 Å². The third-order valence-electron chi connectivity index (χ3n) is 3.53. The molecule has 1 unspecified atom stereocenters. The number of aryl methyl sites for hydroxylation is 1. The average Bonchev–Trinajstić information content (AvgIpc) is 2.77. The minimum absolute atomic E-state index is 0.212. The van der Waals surface area contributed by atoms with Gasteiger partial charge in [-0.25, -0.2) is 0 Å². The molecule has 0 saturated heterocycles. The first-order valence-corrected chi connectivity index (χ1v) is 6.74. The van der Waals surface area contributed by atoms with E-state index >= 15 is 0 Å².